The van der Waals surface area contributed by atoms with Gasteiger partial charge in [0.15, 0.2) is 0 Å². The molecule has 0 spiro atoms. The van der Waals surface area contributed by atoms with E-state index in [0.717, 1.165) is 11.3 Å². The van der Waals surface area contributed by atoms with E-state index in [1.54, 1.807) is 36.0 Å². The first-order valence-electron chi connectivity index (χ1n) is 9.33. The molecule has 1 aromatic heterocycles. The van der Waals surface area contributed by atoms with Crippen LogP contribution in [0.15, 0.2) is 54.7 Å². The van der Waals surface area contributed by atoms with Crippen molar-refractivity contribution in [2.24, 2.45) is 0 Å². The standard InChI is InChI=1S/C22H20N4O3/c1-14-12-16(8-9-19(14)26-20(27)10-11-21(26)28)23-22(29)18-13-25(24-15(18)2)17-6-4-3-5-7-17/h3-9,12-13H,10-11H2,1-2H3,(H,23,29). The molecule has 3 amide bonds. The molecule has 1 aliphatic rings. The van der Waals surface area contributed by atoms with Crippen LogP contribution in [0.3, 0.4) is 0 Å². The van der Waals surface area contributed by atoms with Gasteiger partial charge in [0.05, 0.1) is 22.6 Å². The number of hydrogen-bond donors (Lipinski definition) is 1. The zero-order valence-electron chi connectivity index (χ0n) is 16.2. The van der Waals surface area contributed by atoms with Crippen LogP contribution in [0.5, 0.6) is 0 Å². The highest BCUT2D eigenvalue weighted by atomic mass is 16.2. The van der Waals surface area contributed by atoms with Crippen molar-refractivity contribution in [3.63, 3.8) is 0 Å². The molecule has 1 fully saturated rings. The smallest absolute Gasteiger partial charge is 0.259 e. The summed E-state index contributed by atoms with van der Waals surface area (Å²) in [6.07, 6.45) is 2.17. The average Bonchev–Trinajstić information content (AvgIpc) is 3.25. The van der Waals surface area contributed by atoms with Gasteiger partial charge >= 0.3 is 0 Å². The second-order valence-corrected chi connectivity index (χ2v) is 6.99. The number of para-hydroxylation sites is 1. The highest BCUT2D eigenvalue weighted by molar-refractivity contribution is 6.20. The van der Waals surface area contributed by atoms with Crippen LogP contribution in [0.2, 0.25) is 0 Å². The zero-order valence-corrected chi connectivity index (χ0v) is 16.2. The Morgan fingerprint density at radius 3 is 2.34 bits per heavy atom. The second-order valence-electron chi connectivity index (χ2n) is 6.99. The van der Waals surface area contributed by atoms with Gasteiger partial charge in [0.1, 0.15) is 0 Å². The van der Waals surface area contributed by atoms with E-state index < -0.39 is 0 Å². The van der Waals surface area contributed by atoms with E-state index in [0.29, 0.717) is 22.6 Å². The Kier molecular flexibility index (Phi) is 4.72. The lowest BCUT2D eigenvalue weighted by Crippen LogP contribution is -2.29. The lowest BCUT2D eigenvalue weighted by Gasteiger charge is -2.17. The summed E-state index contributed by atoms with van der Waals surface area (Å²) in [4.78, 5) is 37.9. The Morgan fingerprint density at radius 1 is 1.00 bits per heavy atom. The normalized spacial score (nSPS) is 13.8. The minimum Gasteiger partial charge on any atom is -0.322 e. The first-order valence-corrected chi connectivity index (χ1v) is 9.33. The van der Waals surface area contributed by atoms with E-state index in [-0.39, 0.29) is 30.6 Å². The van der Waals surface area contributed by atoms with Gasteiger partial charge in [0, 0.05) is 24.7 Å². The molecular formula is C22H20N4O3. The number of nitrogens with zero attached hydrogens (tertiary/aromatic N) is 3. The monoisotopic (exact) mass is 388 g/mol. The third kappa shape index (κ3) is 3.54. The molecule has 4 rings (SSSR count). The predicted octanol–water partition coefficient (Wildman–Crippen LogP) is 3.39. The molecule has 0 unspecified atom stereocenters. The van der Waals surface area contributed by atoms with Gasteiger partial charge in [-0.2, -0.15) is 5.10 Å². The van der Waals surface area contributed by atoms with Crippen molar-refractivity contribution in [3.05, 3.63) is 71.5 Å². The fourth-order valence-electron chi connectivity index (χ4n) is 3.42. The Morgan fingerprint density at radius 2 is 1.69 bits per heavy atom. The number of imide groups is 1. The topological polar surface area (TPSA) is 84.3 Å². The molecule has 7 nitrogen and oxygen atoms in total. The molecule has 146 valence electrons. The highest BCUT2D eigenvalue weighted by Crippen LogP contribution is 2.28. The number of rotatable bonds is 4. The van der Waals surface area contributed by atoms with Crippen LogP contribution in [-0.2, 0) is 9.59 Å². The molecule has 7 heteroatoms. The van der Waals surface area contributed by atoms with E-state index in [2.05, 4.69) is 10.4 Å². The van der Waals surface area contributed by atoms with Crippen molar-refractivity contribution < 1.29 is 14.4 Å². The SMILES string of the molecule is Cc1cc(NC(=O)c2cn(-c3ccccc3)nc2C)ccc1N1C(=O)CCC1=O. The molecule has 0 radical (unpaired) electrons. The molecule has 29 heavy (non-hydrogen) atoms. The van der Waals surface area contributed by atoms with Crippen molar-refractivity contribution in [3.8, 4) is 5.69 Å². The van der Waals surface area contributed by atoms with Crippen LogP contribution in [0, 0.1) is 13.8 Å². The number of carbonyl (C=O) groups is 3. The zero-order chi connectivity index (χ0) is 20.5. The Hall–Kier alpha value is -3.74. The van der Waals surface area contributed by atoms with Gasteiger partial charge in [0.25, 0.3) is 5.91 Å². The Bertz CT molecular complexity index is 1100. The Labute approximate surface area is 167 Å². The molecule has 0 bridgehead atoms. The van der Waals surface area contributed by atoms with Crippen LogP contribution in [0.4, 0.5) is 11.4 Å². The van der Waals surface area contributed by atoms with E-state index >= 15 is 0 Å². The minimum absolute atomic E-state index is 0.196. The maximum Gasteiger partial charge on any atom is 0.259 e. The molecule has 1 N–H and O–H groups in total. The molecule has 0 aliphatic carbocycles. The maximum absolute atomic E-state index is 12.8. The molecule has 2 aromatic carbocycles. The highest BCUT2D eigenvalue weighted by Gasteiger charge is 2.31. The average molecular weight is 388 g/mol. The largest absolute Gasteiger partial charge is 0.322 e. The molecule has 0 saturated carbocycles. The number of aryl methyl sites for hydroxylation is 2. The number of amides is 3. The lowest BCUT2D eigenvalue weighted by atomic mass is 10.1. The molecular weight excluding hydrogens is 368 g/mol. The number of benzene rings is 2. The molecule has 1 aliphatic heterocycles. The fourth-order valence-corrected chi connectivity index (χ4v) is 3.42. The second kappa shape index (κ2) is 7.35. The first-order chi connectivity index (χ1) is 13.9. The van der Waals surface area contributed by atoms with Crippen molar-refractivity contribution in [2.75, 3.05) is 10.2 Å². The third-order valence-electron chi connectivity index (χ3n) is 4.91. The first kappa shape index (κ1) is 18.6. The van der Waals surface area contributed by atoms with Crippen LogP contribution in [0.25, 0.3) is 5.69 Å². The van der Waals surface area contributed by atoms with E-state index in [1.165, 1.54) is 4.90 Å². The van der Waals surface area contributed by atoms with Gasteiger partial charge in [-0.25, -0.2) is 4.68 Å². The summed E-state index contributed by atoms with van der Waals surface area (Å²) in [6, 6.07) is 14.7. The summed E-state index contributed by atoms with van der Waals surface area (Å²) in [5, 5.41) is 7.28. The quantitative estimate of drug-likeness (QED) is 0.695. The van der Waals surface area contributed by atoms with E-state index in [1.807, 2.05) is 37.3 Å². The molecule has 1 saturated heterocycles. The van der Waals surface area contributed by atoms with Crippen molar-refractivity contribution in [1.29, 1.82) is 0 Å². The van der Waals surface area contributed by atoms with Gasteiger partial charge in [-0.3, -0.25) is 19.3 Å². The summed E-state index contributed by atoms with van der Waals surface area (Å²) < 4.78 is 1.67. The van der Waals surface area contributed by atoms with Crippen LogP contribution >= 0.6 is 0 Å². The van der Waals surface area contributed by atoms with Crippen molar-refractivity contribution >= 4 is 29.1 Å². The van der Waals surface area contributed by atoms with E-state index in [4.69, 9.17) is 0 Å². The molecule has 3 aromatic rings. The minimum atomic E-state index is -0.273. The summed E-state index contributed by atoms with van der Waals surface area (Å²) in [6.45, 7) is 3.59. The van der Waals surface area contributed by atoms with Gasteiger partial charge in [-0.1, -0.05) is 18.2 Å². The number of anilines is 2. The number of hydrogen-bond acceptors (Lipinski definition) is 4. The summed E-state index contributed by atoms with van der Waals surface area (Å²) in [7, 11) is 0. The van der Waals surface area contributed by atoms with Gasteiger partial charge in [0.2, 0.25) is 11.8 Å². The summed E-state index contributed by atoms with van der Waals surface area (Å²) >= 11 is 0. The number of aromatic nitrogens is 2. The van der Waals surface area contributed by atoms with Crippen molar-refractivity contribution in [2.45, 2.75) is 26.7 Å². The third-order valence-corrected chi connectivity index (χ3v) is 4.91. The maximum atomic E-state index is 12.8. The summed E-state index contributed by atoms with van der Waals surface area (Å²) in [5.41, 5.74) is 3.84. The summed E-state index contributed by atoms with van der Waals surface area (Å²) in [5.74, 6) is -0.664. The van der Waals surface area contributed by atoms with Gasteiger partial charge in [-0.15, -0.1) is 0 Å². The predicted molar refractivity (Wildman–Crippen MR) is 109 cm³/mol. The molecule has 0 atom stereocenters. The van der Waals surface area contributed by atoms with Crippen LogP contribution in [0.1, 0.15) is 34.5 Å². The van der Waals surface area contributed by atoms with Crippen LogP contribution < -0.4 is 10.2 Å². The Balaban J connectivity index is 1.55. The number of carbonyl (C=O) groups excluding carboxylic acids is 3. The molecule has 2 heterocycles. The van der Waals surface area contributed by atoms with Gasteiger partial charge in [-0.05, 0) is 49.7 Å². The van der Waals surface area contributed by atoms with Crippen molar-refractivity contribution in [1.82, 2.24) is 9.78 Å². The number of nitrogens with one attached hydrogen (secondary N) is 1. The van der Waals surface area contributed by atoms with Gasteiger partial charge < -0.3 is 5.32 Å². The fraction of sp³-hybridized carbons (Fsp3) is 0.182. The lowest BCUT2D eigenvalue weighted by molar-refractivity contribution is -0.121. The van der Waals surface area contributed by atoms with E-state index in [9.17, 15) is 14.4 Å². The van der Waals surface area contributed by atoms with Crippen LogP contribution in [-0.4, -0.2) is 27.5 Å².